The Balaban J connectivity index is 2.00. The third-order valence-electron chi connectivity index (χ3n) is 3.29. The number of benzene rings is 2. The lowest BCUT2D eigenvalue weighted by molar-refractivity contribution is -0.0102. The molecule has 0 spiro atoms. The monoisotopic (exact) mass is 308 g/mol. The van der Waals surface area contributed by atoms with Crippen LogP contribution in [0.15, 0.2) is 42.5 Å². The number of hydrogen-bond donors (Lipinski definition) is 1. The van der Waals surface area contributed by atoms with E-state index in [4.69, 9.17) is 27.9 Å². The second kappa shape index (κ2) is 5.09. The van der Waals surface area contributed by atoms with Crippen molar-refractivity contribution in [3.8, 4) is 0 Å². The summed E-state index contributed by atoms with van der Waals surface area (Å²) in [5.41, 5.74) is 1.61. The van der Waals surface area contributed by atoms with Crippen LogP contribution in [0.4, 0.5) is 0 Å². The number of aliphatic hydroxyl groups is 1. The highest BCUT2D eigenvalue weighted by molar-refractivity contribution is 6.35. The first-order valence-corrected chi connectivity index (χ1v) is 6.76. The average molecular weight is 309 g/mol. The molecule has 2 atom stereocenters. The van der Waals surface area contributed by atoms with Gasteiger partial charge < -0.3 is 9.84 Å². The fourth-order valence-electron chi connectivity index (χ4n) is 2.31. The molecule has 2 aromatic rings. The summed E-state index contributed by atoms with van der Waals surface area (Å²) in [6.45, 7) is 0. The lowest BCUT2D eigenvalue weighted by Crippen LogP contribution is -2.11. The minimum Gasteiger partial charge on any atom is -0.451 e. The predicted molar refractivity (Wildman–Crippen MR) is 76.0 cm³/mol. The summed E-state index contributed by atoms with van der Waals surface area (Å²) >= 11 is 11.9. The quantitative estimate of drug-likeness (QED) is 0.855. The van der Waals surface area contributed by atoms with Crippen LogP contribution in [0.1, 0.15) is 33.7 Å². The van der Waals surface area contributed by atoms with E-state index < -0.39 is 18.2 Å². The van der Waals surface area contributed by atoms with E-state index in [2.05, 4.69) is 0 Å². The fraction of sp³-hybridized carbons (Fsp3) is 0.133. The molecule has 3 nitrogen and oxygen atoms in total. The maximum Gasteiger partial charge on any atom is 0.339 e. The van der Waals surface area contributed by atoms with Crippen LogP contribution in [0.25, 0.3) is 0 Å². The van der Waals surface area contributed by atoms with Crippen LogP contribution in [0.2, 0.25) is 10.0 Å². The maximum absolute atomic E-state index is 11.8. The van der Waals surface area contributed by atoms with Crippen LogP contribution in [0, 0.1) is 0 Å². The Morgan fingerprint density at radius 1 is 1.15 bits per heavy atom. The predicted octanol–water partition coefficient (Wildman–Crippen LogP) is 3.94. The molecule has 2 aromatic carbocycles. The number of hydrogen-bond acceptors (Lipinski definition) is 3. The molecule has 20 heavy (non-hydrogen) atoms. The van der Waals surface area contributed by atoms with Crippen LogP contribution in [-0.4, -0.2) is 11.1 Å². The highest BCUT2D eigenvalue weighted by atomic mass is 35.5. The highest BCUT2D eigenvalue weighted by Gasteiger charge is 2.36. The van der Waals surface area contributed by atoms with Crippen molar-refractivity contribution in [1.29, 1.82) is 0 Å². The number of fused-ring (bicyclic) bond motifs is 1. The largest absolute Gasteiger partial charge is 0.451 e. The van der Waals surface area contributed by atoms with Crippen LogP contribution in [-0.2, 0) is 4.74 Å². The molecule has 1 N–H and O–H groups in total. The molecule has 1 aliphatic heterocycles. The Morgan fingerprint density at radius 3 is 2.65 bits per heavy atom. The zero-order valence-corrected chi connectivity index (χ0v) is 11.7. The van der Waals surface area contributed by atoms with E-state index in [-0.39, 0.29) is 0 Å². The van der Waals surface area contributed by atoms with E-state index in [1.54, 1.807) is 42.5 Å². The summed E-state index contributed by atoms with van der Waals surface area (Å²) < 4.78 is 5.25. The van der Waals surface area contributed by atoms with Crippen LogP contribution in [0.5, 0.6) is 0 Å². The Kier molecular flexibility index (Phi) is 3.42. The molecular weight excluding hydrogens is 299 g/mol. The van der Waals surface area contributed by atoms with E-state index in [0.29, 0.717) is 26.7 Å². The van der Waals surface area contributed by atoms with Gasteiger partial charge in [0.2, 0.25) is 0 Å². The molecule has 0 fully saturated rings. The van der Waals surface area contributed by atoms with Gasteiger partial charge in [0.05, 0.1) is 5.56 Å². The van der Waals surface area contributed by atoms with Crippen LogP contribution < -0.4 is 0 Å². The summed E-state index contributed by atoms with van der Waals surface area (Å²) in [6.07, 6.45) is -1.79. The highest BCUT2D eigenvalue weighted by Crippen LogP contribution is 2.41. The first-order valence-electron chi connectivity index (χ1n) is 6.01. The van der Waals surface area contributed by atoms with Gasteiger partial charge in [0.25, 0.3) is 0 Å². The molecule has 5 heteroatoms. The van der Waals surface area contributed by atoms with Gasteiger partial charge in [-0.25, -0.2) is 4.79 Å². The Hall–Kier alpha value is -1.55. The van der Waals surface area contributed by atoms with Crippen LogP contribution in [0.3, 0.4) is 0 Å². The molecule has 0 bridgehead atoms. The van der Waals surface area contributed by atoms with E-state index in [0.717, 1.165) is 0 Å². The Bertz CT molecular complexity index is 685. The molecule has 102 valence electrons. The Labute approximate surface area is 125 Å². The van der Waals surface area contributed by atoms with Crippen molar-refractivity contribution < 1.29 is 14.6 Å². The average Bonchev–Trinajstić information content (AvgIpc) is 2.76. The lowest BCUT2D eigenvalue weighted by Gasteiger charge is -2.19. The topological polar surface area (TPSA) is 46.5 Å². The van der Waals surface area contributed by atoms with Crippen molar-refractivity contribution in [2.24, 2.45) is 0 Å². The normalized spacial score (nSPS) is 18.6. The fourth-order valence-corrected chi connectivity index (χ4v) is 2.83. The summed E-state index contributed by atoms with van der Waals surface area (Å²) in [5.74, 6) is -0.435. The molecule has 1 heterocycles. The number of rotatable bonds is 2. The maximum atomic E-state index is 11.8. The zero-order valence-electron chi connectivity index (χ0n) is 10.2. The smallest absolute Gasteiger partial charge is 0.339 e. The number of cyclic esters (lactones) is 1. The summed E-state index contributed by atoms with van der Waals surface area (Å²) in [7, 11) is 0. The SMILES string of the molecule is O=C1OC(C(O)c2ccc(Cl)cc2Cl)c2ccccc21. The van der Waals surface area contributed by atoms with Crippen LogP contribution >= 0.6 is 23.2 Å². The van der Waals surface area contributed by atoms with Gasteiger partial charge in [0.1, 0.15) is 6.10 Å². The number of esters is 1. The number of carbonyl (C=O) groups is 1. The molecule has 0 saturated heterocycles. The van der Waals surface area contributed by atoms with Gasteiger partial charge in [-0.3, -0.25) is 0 Å². The molecule has 0 radical (unpaired) electrons. The number of halogens is 2. The molecule has 0 amide bonds. The Morgan fingerprint density at radius 2 is 1.90 bits per heavy atom. The molecule has 0 aromatic heterocycles. The minimum atomic E-state index is -1.03. The van der Waals surface area contributed by atoms with Gasteiger partial charge in [-0.05, 0) is 18.2 Å². The molecule has 1 aliphatic rings. The van der Waals surface area contributed by atoms with Crippen molar-refractivity contribution in [2.45, 2.75) is 12.2 Å². The second-order valence-electron chi connectivity index (χ2n) is 4.52. The van der Waals surface area contributed by atoms with Gasteiger partial charge >= 0.3 is 5.97 Å². The molecular formula is C15H10Cl2O3. The van der Waals surface area contributed by atoms with E-state index in [1.165, 1.54) is 0 Å². The second-order valence-corrected chi connectivity index (χ2v) is 5.37. The molecule has 0 aliphatic carbocycles. The number of carbonyl (C=O) groups excluding carboxylic acids is 1. The van der Waals surface area contributed by atoms with Gasteiger partial charge in [0, 0.05) is 21.2 Å². The molecule has 3 rings (SSSR count). The van der Waals surface area contributed by atoms with Gasteiger partial charge in [-0.2, -0.15) is 0 Å². The number of aliphatic hydroxyl groups excluding tert-OH is 1. The number of ether oxygens (including phenoxy) is 1. The van der Waals surface area contributed by atoms with Gasteiger partial charge in [0.15, 0.2) is 6.10 Å². The first kappa shape index (κ1) is 13.4. The lowest BCUT2D eigenvalue weighted by atomic mass is 9.97. The summed E-state index contributed by atoms with van der Waals surface area (Å²) in [5, 5.41) is 11.3. The minimum absolute atomic E-state index is 0.338. The third-order valence-corrected chi connectivity index (χ3v) is 3.85. The zero-order chi connectivity index (χ0) is 14.3. The van der Waals surface area contributed by atoms with E-state index in [9.17, 15) is 9.90 Å². The van der Waals surface area contributed by atoms with E-state index in [1.807, 2.05) is 0 Å². The van der Waals surface area contributed by atoms with Gasteiger partial charge in [-0.15, -0.1) is 0 Å². The first-order chi connectivity index (χ1) is 9.58. The van der Waals surface area contributed by atoms with Crippen molar-refractivity contribution >= 4 is 29.2 Å². The third kappa shape index (κ3) is 2.18. The standard InChI is InChI=1S/C15H10Cl2O3/c16-8-5-6-11(12(17)7-8)13(18)14-9-3-1-2-4-10(9)15(19)20-14/h1-7,13-14,18H. The van der Waals surface area contributed by atoms with Crippen molar-refractivity contribution in [3.63, 3.8) is 0 Å². The van der Waals surface area contributed by atoms with E-state index >= 15 is 0 Å². The van der Waals surface area contributed by atoms with Crippen molar-refractivity contribution in [1.82, 2.24) is 0 Å². The summed E-state index contributed by atoms with van der Waals surface area (Å²) in [6, 6.07) is 11.8. The molecule has 0 saturated carbocycles. The van der Waals surface area contributed by atoms with Crippen molar-refractivity contribution in [2.75, 3.05) is 0 Å². The summed E-state index contributed by atoms with van der Waals surface area (Å²) in [4.78, 5) is 11.8. The molecule has 2 unspecified atom stereocenters. The van der Waals surface area contributed by atoms with Gasteiger partial charge in [-0.1, -0.05) is 47.5 Å². The van der Waals surface area contributed by atoms with Crippen molar-refractivity contribution in [3.05, 3.63) is 69.2 Å².